The number of anilines is 1. The Balaban J connectivity index is 2.33. The van der Waals surface area contributed by atoms with Gasteiger partial charge in [-0.2, -0.15) is 0 Å². The largest absolute Gasteiger partial charge is 0.382 e. The molecule has 0 bridgehead atoms. The number of rotatable bonds is 8. The van der Waals surface area contributed by atoms with Crippen LogP contribution in [-0.4, -0.2) is 41.1 Å². The molecule has 1 aromatic carbocycles. The van der Waals surface area contributed by atoms with Gasteiger partial charge in [-0.25, -0.2) is 19.4 Å². The number of nitrogen functional groups attached to an aromatic ring is 1. The maximum Gasteiger partial charge on any atom is 0.164 e. The van der Waals surface area contributed by atoms with Gasteiger partial charge < -0.3 is 10.6 Å². The Morgan fingerprint density at radius 3 is 2.81 bits per heavy atom. The van der Waals surface area contributed by atoms with Crippen molar-refractivity contribution in [2.24, 2.45) is 4.99 Å². The number of carbonyl (C=O) groups excluding carboxylic acids is 1. The SMILES string of the molecule is CCCCCN(C)C=Nc1cc(-c2ncc(Cl)c(N)n2)c(F)cc1C=O. The van der Waals surface area contributed by atoms with Gasteiger partial charge in [0.15, 0.2) is 12.1 Å². The molecule has 0 aliphatic heterocycles. The number of hydrogen-bond acceptors (Lipinski definition) is 5. The molecule has 138 valence electrons. The van der Waals surface area contributed by atoms with Crippen molar-refractivity contribution in [2.75, 3.05) is 19.3 Å². The fraction of sp³-hybridized carbons (Fsp3) is 0.333. The molecule has 2 rings (SSSR count). The van der Waals surface area contributed by atoms with E-state index in [2.05, 4.69) is 21.9 Å². The lowest BCUT2D eigenvalue weighted by Crippen LogP contribution is -2.17. The molecule has 1 heterocycles. The summed E-state index contributed by atoms with van der Waals surface area (Å²) >= 11 is 5.80. The molecule has 0 saturated carbocycles. The minimum absolute atomic E-state index is 0.0521. The zero-order valence-electron chi connectivity index (χ0n) is 14.7. The highest BCUT2D eigenvalue weighted by Crippen LogP contribution is 2.29. The van der Waals surface area contributed by atoms with Crippen molar-refractivity contribution in [1.29, 1.82) is 0 Å². The molecule has 0 fully saturated rings. The van der Waals surface area contributed by atoms with Crippen molar-refractivity contribution in [3.63, 3.8) is 0 Å². The molecular formula is C18H21ClFN5O. The molecule has 0 spiro atoms. The fourth-order valence-corrected chi connectivity index (χ4v) is 2.39. The number of nitrogens with zero attached hydrogens (tertiary/aromatic N) is 4. The Morgan fingerprint density at radius 2 is 2.15 bits per heavy atom. The highest BCUT2D eigenvalue weighted by Gasteiger charge is 2.14. The Bertz CT molecular complexity index is 812. The zero-order valence-corrected chi connectivity index (χ0v) is 15.5. The summed E-state index contributed by atoms with van der Waals surface area (Å²) in [5.41, 5.74) is 6.23. The second-order valence-corrected chi connectivity index (χ2v) is 6.27. The van der Waals surface area contributed by atoms with Crippen LogP contribution in [0.4, 0.5) is 15.9 Å². The highest BCUT2D eigenvalue weighted by molar-refractivity contribution is 6.32. The molecular weight excluding hydrogens is 357 g/mol. The van der Waals surface area contributed by atoms with Crippen molar-refractivity contribution in [3.05, 3.63) is 34.7 Å². The molecule has 0 aliphatic rings. The lowest BCUT2D eigenvalue weighted by atomic mass is 10.1. The van der Waals surface area contributed by atoms with Gasteiger partial charge in [0.2, 0.25) is 0 Å². The van der Waals surface area contributed by atoms with Crippen LogP contribution in [0.15, 0.2) is 23.3 Å². The number of carbonyl (C=O) groups is 1. The third kappa shape index (κ3) is 4.98. The second-order valence-electron chi connectivity index (χ2n) is 5.87. The lowest BCUT2D eigenvalue weighted by molar-refractivity contribution is 0.112. The van der Waals surface area contributed by atoms with E-state index in [0.717, 1.165) is 31.9 Å². The number of aldehydes is 1. The highest BCUT2D eigenvalue weighted by atomic mass is 35.5. The molecule has 1 aromatic heterocycles. The van der Waals surface area contributed by atoms with Gasteiger partial charge >= 0.3 is 0 Å². The topological polar surface area (TPSA) is 84.5 Å². The van der Waals surface area contributed by atoms with Crippen molar-refractivity contribution < 1.29 is 9.18 Å². The molecule has 0 unspecified atom stereocenters. The second kappa shape index (κ2) is 9.24. The number of nitrogens with two attached hydrogens (primary N) is 1. The third-order valence-corrected chi connectivity index (χ3v) is 4.05. The van der Waals surface area contributed by atoms with E-state index < -0.39 is 5.82 Å². The molecule has 2 aromatic rings. The van der Waals surface area contributed by atoms with Crippen LogP contribution >= 0.6 is 11.6 Å². The van der Waals surface area contributed by atoms with Gasteiger partial charge in [0.05, 0.1) is 23.8 Å². The van der Waals surface area contributed by atoms with Crippen LogP contribution < -0.4 is 5.73 Å². The summed E-state index contributed by atoms with van der Waals surface area (Å²) in [5, 5.41) is 0.186. The molecule has 2 N–H and O–H groups in total. The number of aromatic nitrogens is 2. The number of halogens is 2. The first-order chi connectivity index (χ1) is 12.5. The zero-order chi connectivity index (χ0) is 19.1. The van der Waals surface area contributed by atoms with E-state index in [-0.39, 0.29) is 27.8 Å². The van der Waals surface area contributed by atoms with Crippen LogP contribution in [0, 0.1) is 5.82 Å². The van der Waals surface area contributed by atoms with E-state index in [1.165, 1.54) is 12.3 Å². The first-order valence-corrected chi connectivity index (χ1v) is 8.65. The summed E-state index contributed by atoms with van der Waals surface area (Å²) in [6, 6.07) is 2.54. The Labute approximate surface area is 156 Å². The maximum atomic E-state index is 14.4. The first-order valence-electron chi connectivity index (χ1n) is 8.27. The molecule has 0 atom stereocenters. The van der Waals surface area contributed by atoms with Crippen molar-refractivity contribution in [3.8, 4) is 11.4 Å². The van der Waals surface area contributed by atoms with Crippen LogP contribution in [-0.2, 0) is 0 Å². The summed E-state index contributed by atoms with van der Waals surface area (Å²) in [7, 11) is 1.90. The van der Waals surface area contributed by atoms with Gasteiger partial charge in [-0.05, 0) is 18.6 Å². The fourth-order valence-electron chi connectivity index (χ4n) is 2.29. The molecule has 26 heavy (non-hydrogen) atoms. The summed E-state index contributed by atoms with van der Waals surface area (Å²) in [6.45, 7) is 2.98. The van der Waals surface area contributed by atoms with E-state index in [1.807, 2.05) is 11.9 Å². The summed E-state index contributed by atoms with van der Waals surface area (Å²) in [6.07, 6.45) is 6.80. The summed E-state index contributed by atoms with van der Waals surface area (Å²) in [4.78, 5) is 25.5. The van der Waals surface area contributed by atoms with E-state index >= 15 is 0 Å². The summed E-state index contributed by atoms with van der Waals surface area (Å²) < 4.78 is 14.4. The number of unbranched alkanes of at least 4 members (excludes halogenated alkanes) is 2. The van der Waals surface area contributed by atoms with Gasteiger partial charge in [-0.1, -0.05) is 31.4 Å². The van der Waals surface area contributed by atoms with E-state index in [4.69, 9.17) is 17.3 Å². The number of benzene rings is 1. The average Bonchev–Trinajstić information content (AvgIpc) is 2.63. The third-order valence-electron chi connectivity index (χ3n) is 3.76. The minimum Gasteiger partial charge on any atom is -0.382 e. The molecule has 0 amide bonds. The van der Waals surface area contributed by atoms with Crippen LogP contribution in [0.25, 0.3) is 11.4 Å². The van der Waals surface area contributed by atoms with Crippen LogP contribution in [0.2, 0.25) is 5.02 Å². The monoisotopic (exact) mass is 377 g/mol. The maximum absolute atomic E-state index is 14.4. The van der Waals surface area contributed by atoms with Gasteiger partial charge in [-0.3, -0.25) is 4.79 Å². The lowest BCUT2D eigenvalue weighted by Gasteiger charge is -2.13. The average molecular weight is 378 g/mol. The van der Waals surface area contributed by atoms with Crippen molar-refractivity contribution >= 4 is 35.7 Å². The predicted molar refractivity (Wildman–Crippen MR) is 103 cm³/mol. The molecule has 0 saturated heterocycles. The van der Waals surface area contributed by atoms with Crippen LogP contribution in [0.5, 0.6) is 0 Å². The Morgan fingerprint density at radius 1 is 1.38 bits per heavy atom. The van der Waals surface area contributed by atoms with E-state index in [9.17, 15) is 9.18 Å². The number of hydrogen-bond donors (Lipinski definition) is 1. The number of aliphatic imine (C=N–C) groups is 1. The van der Waals surface area contributed by atoms with Gasteiger partial charge in [-0.15, -0.1) is 0 Å². The van der Waals surface area contributed by atoms with E-state index in [0.29, 0.717) is 12.0 Å². The Hall–Kier alpha value is -2.54. The van der Waals surface area contributed by atoms with Gasteiger partial charge in [0.25, 0.3) is 0 Å². The van der Waals surface area contributed by atoms with Gasteiger partial charge in [0.1, 0.15) is 16.7 Å². The molecule has 0 aliphatic carbocycles. The van der Waals surface area contributed by atoms with Crippen molar-refractivity contribution in [1.82, 2.24) is 14.9 Å². The van der Waals surface area contributed by atoms with Crippen LogP contribution in [0.1, 0.15) is 36.5 Å². The van der Waals surface area contributed by atoms with Crippen LogP contribution in [0.3, 0.4) is 0 Å². The summed E-state index contributed by atoms with van der Waals surface area (Å²) in [5.74, 6) is -0.505. The van der Waals surface area contributed by atoms with Gasteiger partial charge in [0, 0.05) is 19.2 Å². The first kappa shape index (κ1) is 19.8. The molecule has 0 radical (unpaired) electrons. The smallest absolute Gasteiger partial charge is 0.164 e. The predicted octanol–water partition coefficient (Wildman–Crippen LogP) is 4.11. The van der Waals surface area contributed by atoms with E-state index in [1.54, 1.807) is 6.34 Å². The Kier molecular flexibility index (Phi) is 7.03. The standard InChI is InChI=1S/C18H21ClFN5O/c1-3-4-5-6-25(2)11-23-16-8-13(15(20)7-12(16)10-26)18-22-9-14(19)17(21)24-18/h7-11H,3-6H2,1-2H3,(H2,21,22,24). The quantitative estimate of drug-likeness (QED) is 0.324. The minimum atomic E-state index is -0.635. The molecule has 6 nitrogen and oxygen atoms in total. The van der Waals surface area contributed by atoms with Crippen molar-refractivity contribution in [2.45, 2.75) is 26.2 Å². The molecule has 8 heteroatoms. The normalized spacial score (nSPS) is 11.1.